The highest BCUT2D eigenvalue weighted by molar-refractivity contribution is 7.31. The van der Waals surface area contributed by atoms with Crippen LogP contribution in [0.2, 0.25) is 0 Å². The van der Waals surface area contributed by atoms with Crippen molar-refractivity contribution in [2.75, 3.05) is 0 Å². The summed E-state index contributed by atoms with van der Waals surface area (Å²) in [6, 6.07) is 43.7. The Kier molecular flexibility index (Phi) is 6.73. The standard InChI is InChI=1S/C34H28P2/c1-5-13-25(14-6-1)29-23-35-31(33(29)27-17-9-3-10-18-27)21-22-32-34(28-19-11-4-12-20-28)30(24-36-32)26-15-7-2-8-16-26/h1-20,23-24,35-36H,21-22H2. The van der Waals surface area contributed by atoms with Gasteiger partial charge in [0.2, 0.25) is 0 Å². The van der Waals surface area contributed by atoms with Gasteiger partial charge in [-0.25, -0.2) is 0 Å². The van der Waals surface area contributed by atoms with Gasteiger partial charge in [0.25, 0.3) is 0 Å². The molecular weight excluding hydrogens is 470 g/mol. The van der Waals surface area contributed by atoms with E-state index in [0.29, 0.717) is 0 Å². The zero-order valence-electron chi connectivity index (χ0n) is 20.1. The van der Waals surface area contributed by atoms with Crippen LogP contribution in [0.1, 0.15) is 10.6 Å². The normalized spacial score (nSPS) is 11.4. The van der Waals surface area contributed by atoms with Crippen molar-refractivity contribution >= 4 is 16.4 Å². The predicted molar refractivity (Wildman–Crippen MR) is 161 cm³/mol. The summed E-state index contributed by atoms with van der Waals surface area (Å²) >= 11 is 0. The van der Waals surface area contributed by atoms with Crippen molar-refractivity contribution in [1.29, 1.82) is 0 Å². The fourth-order valence-electron chi connectivity index (χ4n) is 5.14. The maximum absolute atomic E-state index is 2.46. The van der Waals surface area contributed by atoms with E-state index in [2.05, 4.69) is 133 Å². The SMILES string of the molecule is c1ccc(-c2c[pH]c(CCc3[pH]cc(-c4ccccc4)c3-c3ccccc3)c2-c2ccccc2)cc1. The smallest absolute Gasteiger partial charge is 0.00329 e. The lowest BCUT2D eigenvalue weighted by Crippen LogP contribution is -1.92. The third-order valence-electron chi connectivity index (χ3n) is 6.84. The number of rotatable bonds is 7. The van der Waals surface area contributed by atoms with Crippen LogP contribution in [-0.4, -0.2) is 0 Å². The summed E-state index contributed by atoms with van der Waals surface area (Å²) in [5.41, 5.74) is 11.0. The van der Waals surface area contributed by atoms with E-state index in [9.17, 15) is 0 Å². The quantitative estimate of drug-likeness (QED) is 0.205. The highest BCUT2D eigenvalue weighted by Crippen LogP contribution is 2.45. The average molecular weight is 499 g/mol. The molecule has 0 aliphatic heterocycles. The van der Waals surface area contributed by atoms with Crippen molar-refractivity contribution < 1.29 is 0 Å². The molecule has 6 rings (SSSR count). The van der Waals surface area contributed by atoms with Gasteiger partial charge in [-0.1, -0.05) is 121 Å². The maximum Gasteiger partial charge on any atom is -0.00329 e. The molecule has 0 saturated carbocycles. The first-order chi connectivity index (χ1) is 17.9. The van der Waals surface area contributed by atoms with E-state index >= 15 is 0 Å². The van der Waals surface area contributed by atoms with E-state index < -0.39 is 0 Å². The van der Waals surface area contributed by atoms with Crippen molar-refractivity contribution in [2.45, 2.75) is 12.8 Å². The fraction of sp³-hybridized carbons (Fsp3) is 0.0588. The Bertz CT molecular complexity index is 1420. The van der Waals surface area contributed by atoms with E-state index in [0.717, 1.165) is 29.2 Å². The second-order valence-corrected chi connectivity index (χ2v) is 11.4. The Morgan fingerprint density at radius 3 is 1.00 bits per heavy atom. The van der Waals surface area contributed by atoms with E-state index in [-0.39, 0.29) is 0 Å². The van der Waals surface area contributed by atoms with Gasteiger partial charge < -0.3 is 0 Å². The molecule has 36 heavy (non-hydrogen) atoms. The number of hydrogen-bond acceptors (Lipinski definition) is 0. The molecule has 2 aromatic heterocycles. The molecule has 0 saturated heterocycles. The Hall–Kier alpha value is -3.56. The van der Waals surface area contributed by atoms with Crippen molar-refractivity contribution in [3.05, 3.63) is 144 Å². The first-order valence-electron chi connectivity index (χ1n) is 12.5. The molecule has 0 aliphatic carbocycles. The van der Waals surface area contributed by atoms with E-state index in [1.165, 1.54) is 44.5 Å². The van der Waals surface area contributed by atoms with E-state index in [4.69, 9.17) is 0 Å². The third kappa shape index (κ3) is 4.64. The van der Waals surface area contributed by atoms with E-state index in [1.807, 2.05) is 0 Å². The third-order valence-corrected chi connectivity index (χ3v) is 9.41. The summed E-state index contributed by atoms with van der Waals surface area (Å²) in [5.74, 6) is 4.92. The van der Waals surface area contributed by atoms with Gasteiger partial charge in [-0.3, -0.25) is 0 Å². The molecule has 4 aromatic carbocycles. The van der Waals surface area contributed by atoms with Gasteiger partial charge in [-0.05, 0) is 79.5 Å². The first-order valence-corrected chi connectivity index (χ1v) is 14.7. The van der Waals surface area contributed by atoms with Crippen LogP contribution < -0.4 is 0 Å². The Balaban J connectivity index is 1.40. The highest BCUT2D eigenvalue weighted by atomic mass is 31.0. The minimum Gasteiger partial charge on any atom is -0.135 e. The van der Waals surface area contributed by atoms with Gasteiger partial charge >= 0.3 is 0 Å². The van der Waals surface area contributed by atoms with Crippen LogP contribution in [-0.2, 0) is 12.8 Å². The van der Waals surface area contributed by atoms with Crippen LogP contribution in [0.25, 0.3) is 44.5 Å². The van der Waals surface area contributed by atoms with Crippen LogP contribution >= 0.6 is 16.4 Å². The lowest BCUT2D eigenvalue weighted by molar-refractivity contribution is 1.01. The fourth-order valence-corrected chi connectivity index (χ4v) is 7.78. The summed E-state index contributed by atoms with van der Waals surface area (Å²) in [6.07, 6.45) is 2.20. The lowest BCUT2D eigenvalue weighted by atomic mass is 9.93. The molecule has 2 unspecified atom stereocenters. The zero-order chi connectivity index (χ0) is 24.2. The maximum atomic E-state index is 2.46. The van der Waals surface area contributed by atoms with Crippen LogP contribution in [0.5, 0.6) is 0 Å². The number of benzene rings is 4. The van der Waals surface area contributed by atoms with Crippen molar-refractivity contribution in [2.24, 2.45) is 0 Å². The van der Waals surface area contributed by atoms with Gasteiger partial charge in [0.1, 0.15) is 0 Å². The van der Waals surface area contributed by atoms with Gasteiger partial charge in [0.15, 0.2) is 0 Å². The molecule has 0 radical (unpaired) electrons. The molecule has 174 valence electrons. The van der Waals surface area contributed by atoms with Gasteiger partial charge in [-0.15, -0.1) is 16.4 Å². The monoisotopic (exact) mass is 498 g/mol. The Labute approximate surface area is 216 Å². The number of aryl methyl sites for hydroxylation is 2. The molecule has 6 aromatic rings. The zero-order valence-corrected chi connectivity index (χ0v) is 22.1. The van der Waals surface area contributed by atoms with Crippen molar-refractivity contribution in [1.82, 2.24) is 0 Å². The second kappa shape index (κ2) is 10.6. The van der Waals surface area contributed by atoms with Crippen LogP contribution in [0, 0.1) is 0 Å². The summed E-state index contributed by atoms with van der Waals surface area (Å²) in [5, 5.41) is 3.16. The van der Waals surface area contributed by atoms with Crippen LogP contribution in [0.4, 0.5) is 0 Å². The molecular formula is C34H28P2. The molecule has 0 bridgehead atoms. The van der Waals surface area contributed by atoms with Crippen molar-refractivity contribution in [3.63, 3.8) is 0 Å². The molecule has 0 N–H and O–H groups in total. The van der Waals surface area contributed by atoms with E-state index in [1.54, 1.807) is 10.6 Å². The minimum absolute atomic E-state index is 0.741. The Morgan fingerprint density at radius 1 is 0.361 bits per heavy atom. The molecule has 0 amide bonds. The summed E-state index contributed by atoms with van der Waals surface area (Å²) < 4.78 is 0. The van der Waals surface area contributed by atoms with Crippen LogP contribution in [0.3, 0.4) is 0 Å². The largest absolute Gasteiger partial charge is 0.135 e. The van der Waals surface area contributed by atoms with Gasteiger partial charge in [-0.2, -0.15) is 0 Å². The lowest BCUT2D eigenvalue weighted by Gasteiger charge is -2.12. The summed E-state index contributed by atoms with van der Waals surface area (Å²) in [4.78, 5) is 0. The highest BCUT2D eigenvalue weighted by Gasteiger charge is 2.17. The first kappa shape index (κ1) is 22.9. The van der Waals surface area contributed by atoms with Gasteiger partial charge in [0, 0.05) is 0 Å². The summed E-state index contributed by atoms with van der Waals surface area (Å²) in [6.45, 7) is 0. The molecule has 2 heterocycles. The molecule has 0 aliphatic rings. The number of hydrogen-bond donors (Lipinski definition) is 0. The Morgan fingerprint density at radius 2 is 0.667 bits per heavy atom. The minimum atomic E-state index is 0.741. The molecule has 0 fully saturated rings. The topological polar surface area (TPSA) is 0 Å². The second-order valence-electron chi connectivity index (χ2n) is 9.08. The predicted octanol–water partition coefficient (Wildman–Crippen LogP) is 10.2. The molecule has 2 heteroatoms. The molecule has 0 spiro atoms. The van der Waals surface area contributed by atoms with Gasteiger partial charge in [0.05, 0.1) is 0 Å². The average Bonchev–Trinajstić information content (AvgIpc) is 3.58. The molecule has 0 nitrogen and oxygen atoms in total. The summed E-state index contributed by atoms with van der Waals surface area (Å²) in [7, 11) is 1.48. The molecule has 2 atom stereocenters. The van der Waals surface area contributed by atoms with Crippen LogP contribution in [0.15, 0.2) is 133 Å². The van der Waals surface area contributed by atoms with Crippen molar-refractivity contribution in [3.8, 4) is 44.5 Å².